The molecule has 0 amide bonds. The van der Waals surface area contributed by atoms with Gasteiger partial charge in [-0.3, -0.25) is 4.99 Å². The minimum atomic E-state index is 0. The van der Waals surface area contributed by atoms with Crippen LogP contribution in [0.5, 0.6) is 0 Å². The molecule has 0 radical (unpaired) electrons. The third kappa shape index (κ3) is 5.96. The Morgan fingerprint density at radius 1 is 1.42 bits per heavy atom. The Kier molecular flexibility index (Phi) is 9.04. The van der Waals surface area contributed by atoms with Gasteiger partial charge in [-0.1, -0.05) is 11.1 Å². The molecule has 1 heterocycles. The molecule has 1 aromatic heterocycles. The maximum Gasteiger partial charge on any atom is 0.192 e. The van der Waals surface area contributed by atoms with E-state index in [0.717, 1.165) is 35.9 Å². The Balaban J connectivity index is 0.00000324. The van der Waals surface area contributed by atoms with E-state index in [1.165, 1.54) is 0 Å². The van der Waals surface area contributed by atoms with Gasteiger partial charge in [0.1, 0.15) is 5.76 Å². The van der Waals surface area contributed by atoms with Crippen molar-refractivity contribution < 1.29 is 4.52 Å². The summed E-state index contributed by atoms with van der Waals surface area (Å²) >= 11 is 0. The van der Waals surface area contributed by atoms with Gasteiger partial charge in [0.2, 0.25) is 0 Å². The molecule has 1 aromatic rings. The van der Waals surface area contributed by atoms with Gasteiger partial charge in [0, 0.05) is 18.7 Å². The predicted octanol–water partition coefficient (Wildman–Crippen LogP) is 1.64. The lowest BCUT2D eigenvalue weighted by Crippen LogP contribution is -2.37. The number of halogens is 1. The van der Waals surface area contributed by atoms with E-state index in [1.807, 2.05) is 20.8 Å². The molecule has 19 heavy (non-hydrogen) atoms. The lowest BCUT2D eigenvalue weighted by molar-refractivity contribution is 0.392. The molecule has 106 valence electrons. The van der Waals surface area contributed by atoms with Crippen molar-refractivity contribution in [2.24, 2.45) is 4.99 Å². The first kappa shape index (κ1) is 17.8. The number of guanidine groups is 1. The van der Waals surface area contributed by atoms with Crippen molar-refractivity contribution >= 4 is 29.9 Å². The van der Waals surface area contributed by atoms with E-state index in [9.17, 15) is 0 Å². The molecule has 0 saturated heterocycles. The number of aryl methyl sites for hydroxylation is 2. The minimum Gasteiger partial charge on any atom is -0.361 e. The summed E-state index contributed by atoms with van der Waals surface area (Å²) in [5.74, 6) is 4.13. The Morgan fingerprint density at radius 3 is 2.68 bits per heavy atom. The zero-order valence-corrected chi connectivity index (χ0v) is 13.9. The summed E-state index contributed by atoms with van der Waals surface area (Å²) in [6.07, 6.45) is 6.02. The van der Waals surface area contributed by atoms with Gasteiger partial charge in [-0.15, -0.1) is 30.4 Å². The number of nitrogens with one attached hydrogen (secondary N) is 2. The fourth-order valence-corrected chi connectivity index (χ4v) is 1.61. The van der Waals surface area contributed by atoms with Gasteiger partial charge in [0.25, 0.3) is 0 Å². The third-order valence-corrected chi connectivity index (χ3v) is 2.52. The molecule has 1 rings (SSSR count). The largest absolute Gasteiger partial charge is 0.361 e. The number of nitrogens with zero attached hydrogens (tertiary/aromatic N) is 2. The third-order valence-electron chi connectivity index (χ3n) is 2.52. The van der Waals surface area contributed by atoms with Gasteiger partial charge in [-0.25, -0.2) is 0 Å². The highest BCUT2D eigenvalue weighted by Crippen LogP contribution is 2.12. The molecule has 0 fully saturated rings. The maximum absolute atomic E-state index is 5.20. The van der Waals surface area contributed by atoms with Crippen LogP contribution in [0.4, 0.5) is 0 Å². The number of hydrogen-bond donors (Lipinski definition) is 2. The Bertz CT molecular complexity index is 428. The van der Waals surface area contributed by atoms with E-state index >= 15 is 0 Å². The Morgan fingerprint density at radius 2 is 2.16 bits per heavy atom. The molecule has 0 bridgehead atoms. The maximum atomic E-state index is 5.20. The summed E-state index contributed by atoms with van der Waals surface area (Å²) in [7, 11) is 0. The highest BCUT2D eigenvalue weighted by Gasteiger charge is 2.07. The highest BCUT2D eigenvalue weighted by atomic mass is 127. The van der Waals surface area contributed by atoms with Crippen LogP contribution < -0.4 is 10.6 Å². The molecule has 0 aliphatic rings. The first-order valence-corrected chi connectivity index (χ1v) is 6.06. The standard InChI is InChI=1S/C13H20N4O.HI/c1-5-8-15-13(14-6-2)16-9-7-12-10(3)17-18-11(12)4;/h1H,6-9H2,2-4H3,(H2,14,15,16);1H. The Hall–Kier alpha value is -1.23. The monoisotopic (exact) mass is 376 g/mol. The van der Waals surface area contributed by atoms with Gasteiger partial charge in [-0.05, 0) is 27.2 Å². The van der Waals surface area contributed by atoms with Crippen LogP contribution in [0.2, 0.25) is 0 Å². The molecule has 0 saturated carbocycles. The van der Waals surface area contributed by atoms with Crippen LogP contribution >= 0.6 is 24.0 Å². The summed E-state index contributed by atoms with van der Waals surface area (Å²) in [5.41, 5.74) is 2.07. The summed E-state index contributed by atoms with van der Waals surface area (Å²) < 4.78 is 5.11. The van der Waals surface area contributed by atoms with Crippen LogP contribution in [0.3, 0.4) is 0 Å². The lowest BCUT2D eigenvalue weighted by Gasteiger charge is -2.08. The van der Waals surface area contributed by atoms with E-state index < -0.39 is 0 Å². The molecule has 0 unspecified atom stereocenters. The van der Waals surface area contributed by atoms with Crippen molar-refractivity contribution in [2.45, 2.75) is 27.2 Å². The van der Waals surface area contributed by atoms with Gasteiger partial charge < -0.3 is 15.2 Å². The normalized spacial score (nSPS) is 10.5. The summed E-state index contributed by atoms with van der Waals surface area (Å²) in [4.78, 5) is 4.44. The van der Waals surface area contributed by atoms with Crippen LogP contribution in [0.1, 0.15) is 23.9 Å². The van der Waals surface area contributed by atoms with Crippen LogP contribution in [0, 0.1) is 26.2 Å². The second kappa shape index (κ2) is 9.67. The van der Waals surface area contributed by atoms with Crippen LogP contribution in [-0.2, 0) is 6.42 Å². The predicted molar refractivity (Wildman–Crippen MR) is 87.9 cm³/mol. The molecule has 0 aliphatic carbocycles. The smallest absolute Gasteiger partial charge is 0.192 e. The summed E-state index contributed by atoms with van der Waals surface area (Å²) in [6, 6.07) is 0. The number of aromatic nitrogens is 1. The summed E-state index contributed by atoms with van der Waals surface area (Å²) in [5, 5.41) is 10.1. The van der Waals surface area contributed by atoms with Crippen molar-refractivity contribution in [1.29, 1.82) is 0 Å². The molecule has 0 aliphatic heterocycles. The van der Waals surface area contributed by atoms with E-state index in [2.05, 4.69) is 26.7 Å². The van der Waals surface area contributed by atoms with Crippen LogP contribution in [0.15, 0.2) is 9.52 Å². The molecular weight excluding hydrogens is 355 g/mol. The Labute approximate surface area is 131 Å². The van der Waals surface area contributed by atoms with Crippen molar-refractivity contribution in [2.75, 3.05) is 19.6 Å². The highest BCUT2D eigenvalue weighted by molar-refractivity contribution is 14.0. The zero-order chi connectivity index (χ0) is 13.4. The first-order valence-electron chi connectivity index (χ1n) is 6.06. The fraction of sp³-hybridized carbons (Fsp3) is 0.538. The average Bonchev–Trinajstić information content (AvgIpc) is 2.67. The van der Waals surface area contributed by atoms with E-state index in [-0.39, 0.29) is 24.0 Å². The number of hydrogen-bond acceptors (Lipinski definition) is 3. The van der Waals surface area contributed by atoms with Gasteiger partial charge in [0.05, 0.1) is 12.2 Å². The van der Waals surface area contributed by atoms with Gasteiger partial charge >= 0.3 is 0 Å². The van der Waals surface area contributed by atoms with Crippen LogP contribution in [-0.4, -0.2) is 30.8 Å². The van der Waals surface area contributed by atoms with Crippen molar-refractivity contribution in [3.63, 3.8) is 0 Å². The average molecular weight is 376 g/mol. The SMILES string of the molecule is C#CCNC(=NCCc1c(C)noc1C)NCC.I. The van der Waals surface area contributed by atoms with Gasteiger partial charge in [0.15, 0.2) is 5.96 Å². The first-order chi connectivity index (χ1) is 8.69. The van der Waals surface area contributed by atoms with E-state index in [0.29, 0.717) is 13.1 Å². The number of aliphatic imine (C=N–C) groups is 1. The van der Waals surface area contributed by atoms with Crippen molar-refractivity contribution in [3.8, 4) is 12.3 Å². The molecule has 0 spiro atoms. The molecule has 0 aromatic carbocycles. The van der Waals surface area contributed by atoms with Gasteiger partial charge in [-0.2, -0.15) is 0 Å². The fourth-order valence-electron chi connectivity index (χ4n) is 1.61. The quantitative estimate of drug-likeness (QED) is 0.355. The minimum absolute atomic E-state index is 0. The second-order valence-corrected chi connectivity index (χ2v) is 3.87. The molecule has 5 nitrogen and oxygen atoms in total. The number of terminal acetylenes is 1. The van der Waals surface area contributed by atoms with E-state index in [4.69, 9.17) is 10.9 Å². The number of rotatable bonds is 5. The van der Waals surface area contributed by atoms with Crippen molar-refractivity contribution in [1.82, 2.24) is 15.8 Å². The van der Waals surface area contributed by atoms with E-state index in [1.54, 1.807) is 0 Å². The van der Waals surface area contributed by atoms with Crippen LogP contribution in [0.25, 0.3) is 0 Å². The zero-order valence-electron chi connectivity index (χ0n) is 11.6. The molecule has 2 N–H and O–H groups in total. The topological polar surface area (TPSA) is 62.5 Å². The molecule has 0 atom stereocenters. The lowest BCUT2D eigenvalue weighted by atomic mass is 10.1. The summed E-state index contributed by atoms with van der Waals surface area (Å²) in [6.45, 7) is 7.82. The molecular formula is C13H21IN4O. The second-order valence-electron chi connectivity index (χ2n) is 3.87. The molecule has 6 heteroatoms. The van der Waals surface area contributed by atoms with Crippen molar-refractivity contribution in [3.05, 3.63) is 17.0 Å².